The number of carbonyl (C=O) groups excluding carboxylic acids is 2. The number of nitrogens with two attached hydrogens (primary N) is 1. The highest BCUT2D eigenvalue weighted by Crippen LogP contribution is 1.86. The van der Waals surface area contributed by atoms with Crippen molar-refractivity contribution in [1.29, 1.82) is 0 Å². The predicted octanol–water partition coefficient (Wildman–Crippen LogP) is -0.270. The summed E-state index contributed by atoms with van der Waals surface area (Å²) in [6.45, 7) is 4.65. The number of primary amides is 1. The minimum absolute atomic E-state index is 0.605. The van der Waals surface area contributed by atoms with Gasteiger partial charge in [-0.2, -0.15) is 0 Å². The van der Waals surface area contributed by atoms with E-state index < -0.39 is 18.2 Å². The molecule has 11 heavy (non-hydrogen) atoms. The summed E-state index contributed by atoms with van der Waals surface area (Å²) >= 11 is 0. The molecular formula is C6H10N2O3. The van der Waals surface area contributed by atoms with Crippen molar-refractivity contribution in [3.05, 3.63) is 12.7 Å². The summed E-state index contributed by atoms with van der Waals surface area (Å²) in [5, 5.41) is 2.16. The molecule has 0 aromatic heterocycles. The van der Waals surface area contributed by atoms with E-state index >= 15 is 0 Å². The zero-order chi connectivity index (χ0) is 8.85. The highest BCUT2D eigenvalue weighted by molar-refractivity contribution is 5.81. The van der Waals surface area contributed by atoms with Crippen LogP contribution < -0.4 is 11.1 Å². The quantitative estimate of drug-likeness (QED) is 0.337. The van der Waals surface area contributed by atoms with Crippen LogP contribution in [0.4, 0.5) is 4.79 Å². The van der Waals surface area contributed by atoms with E-state index in [0.29, 0.717) is 0 Å². The standard InChI is InChI=1S/C6H10N2O3/c1-3-5(9)11-4(2)8-6(7)10/h3-4H,1H2,2H3,(H3,7,8,10). The minimum atomic E-state index is -0.741. The van der Waals surface area contributed by atoms with Crippen LogP contribution in [0.15, 0.2) is 12.7 Å². The van der Waals surface area contributed by atoms with E-state index in [1.165, 1.54) is 6.92 Å². The summed E-state index contributed by atoms with van der Waals surface area (Å²) in [4.78, 5) is 20.6. The van der Waals surface area contributed by atoms with Crippen LogP contribution >= 0.6 is 0 Å². The summed E-state index contributed by atoms with van der Waals surface area (Å²) in [5.41, 5.74) is 4.74. The smallest absolute Gasteiger partial charge is 0.332 e. The van der Waals surface area contributed by atoms with Gasteiger partial charge in [-0.1, -0.05) is 6.58 Å². The molecule has 0 radical (unpaired) electrons. The number of rotatable bonds is 3. The van der Waals surface area contributed by atoms with E-state index in [4.69, 9.17) is 5.73 Å². The Labute approximate surface area is 64.2 Å². The molecule has 2 amide bonds. The number of nitrogens with one attached hydrogen (secondary N) is 1. The molecular weight excluding hydrogens is 148 g/mol. The Hall–Kier alpha value is -1.52. The maximum absolute atomic E-state index is 10.5. The third kappa shape index (κ3) is 4.95. The Morgan fingerprint density at radius 1 is 1.73 bits per heavy atom. The largest absolute Gasteiger partial charge is 0.439 e. The van der Waals surface area contributed by atoms with Crippen molar-refractivity contribution in [2.75, 3.05) is 0 Å². The zero-order valence-corrected chi connectivity index (χ0v) is 6.16. The van der Waals surface area contributed by atoms with Crippen molar-refractivity contribution in [2.24, 2.45) is 5.73 Å². The van der Waals surface area contributed by atoms with Crippen LogP contribution in [-0.2, 0) is 9.53 Å². The second-order valence-electron chi connectivity index (χ2n) is 1.79. The molecule has 0 saturated carbocycles. The number of ether oxygens (including phenoxy) is 1. The Balaban J connectivity index is 3.68. The topological polar surface area (TPSA) is 81.4 Å². The van der Waals surface area contributed by atoms with Gasteiger partial charge in [-0.25, -0.2) is 9.59 Å². The Kier molecular flexibility index (Phi) is 3.72. The molecule has 0 bridgehead atoms. The molecule has 1 atom stereocenters. The van der Waals surface area contributed by atoms with Gasteiger partial charge in [-0.05, 0) is 6.92 Å². The van der Waals surface area contributed by atoms with Gasteiger partial charge in [0.1, 0.15) is 0 Å². The summed E-state index contributed by atoms with van der Waals surface area (Å²) in [5.74, 6) is -0.605. The second-order valence-corrected chi connectivity index (χ2v) is 1.79. The van der Waals surface area contributed by atoms with Crippen molar-refractivity contribution in [3.8, 4) is 0 Å². The average Bonchev–Trinajstić information content (AvgIpc) is 1.85. The molecule has 3 N–H and O–H groups in total. The number of amides is 2. The van der Waals surface area contributed by atoms with Crippen LogP contribution in [0.3, 0.4) is 0 Å². The van der Waals surface area contributed by atoms with Gasteiger partial charge in [-0.15, -0.1) is 0 Å². The van der Waals surface area contributed by atoms with E-state index in [9.17, 15) is 9.59 Å². The van der Waals surface area contributed by atoms with Crippen LogP contribution in [0, 0.1) is 0 Å². The lowest BCUT2D eigenvalue weighted by atomic mass is 10.6. The van der Waals surface area contributed by atoms with Gasteiger partial charge in [0.25, 0.3) is 0 Å². The summed E-state index contributed by atoms with van der Waals surface area (Å²) < 4.78 is 4.54. The molecule has 0 aromatic rings. The molecule has 5 heteroatoms. The molecule has 0 aliphatic carbocycles. The lowest BCUT2D eigenvalue weighted by Crippen LogP contribution is -2.39. The summed E-state index contributed by atoms with van der Waals surface area (Å²) in [6.07, 6.45) is 0.275. The van der Waals surface area contributed by atoms with Crippen molar-refractivity contribution in [3.63, 3.8) is 0 Å². The molecule has 0 aliphatic heterocycles. The number of hydrogen-bond donors (Lipinski definition) is 2. The Bertz CT molecular complexity index is 179. The van der Waals surface area contributed by atoms with Crippen molar-refractivity contribution in [1.82, 2.24) is 5.32 Å². The van der Waals surface area contributed by atoms with Gasteiger partial charge in [0.15, 0.2) is 6.23 Å². The highest BCUT2D eigenvalue weighted by atomic mass is 16.6. The van der Waals surface area contributed by atoms with Gasteiger partial charge in [0.05, 0.1) is 0 Å². The van der Waals surface area contributed by atoms with E-state index in [2.05, 4.69) is 16.6 Å². The van der Waals surface area contributed by atoms with Crippen LogP contribution in [0.2, 0.25) is 0 Å². The van der Waals surface area contributed by atoms with Gasteiger partial charge < -0.3 is 15.8 Å². The maximum atomic E-state index is 10.5. The molecule has 1 unspecified atom stereocenters. The molecule has 62 valence electrons. The lowest BCUT2D eigenvalue weighted by Gasteiger charge is -2.10. The van der Waals surface area contributed by atoms with Crippen LogP contribution in [0.25, 0.3) is 0 Å². The molecule has 0 spiro atoms. The minimum Gasteiger partial charge on any atom is -0.439 e. The predicted molar refractivity (Wildman–Crippen MR) is 38.5 cm³/mol. The average molecular weight is 158 g/mol. The number of hydrogen-bond acceptors (Lipinski definition) is 3. The monoisotopic (exact) mass is 158 g/mol. The van der Waals surface area contributed by atoms with E-state index in [1.54, 1.807) is 0 Å². The van der Waals surface area contributed by atoms with Gasteiger partial charge in [0, 0.05) is 6.08 Å². The first-order valence-corrected chi connectivity index (χ1v) is 2.95. The first-order valence-electron chi connectivity index (χ1n) is 2.95. The van der Waals surface area contributed by atoms with Gasteiger partial charge in [-0.3, -0.25) is 0 Å². The third-order valence-corrected chi connectivity index (χ3v) is 0.805. The molecule has 0 aliphatic rings. The first-order chi connectivity index (χ1) is 5.06. The summed E-state index contributed by atoms with van der Waals surface area (Å²) in [6, 6.07) is -0.741. The Morgan fingerprint density at radius 2 is 2.27 bits per heavy atom. The summed E-state index contributed by atoms with van der Waals surface area (Å²) in [7, 11) is 0. The zero-order valence-electron chi connectivity index (χ0n) is 6.16. The van der Waals surface area contributed by atoms with Crippen LogP contribution in [0.5, 0.6) is 0 Å². The second kappa shape index (κ2) is 4.32. The normalized spacial score (nSPS) is 11.4. The molecule has 0 saturated heterocycles. The fourth-order valence-corrected chi connectivity index (χ4v) is 0.452. The van der Waals surface area contributed by atoms with Gasteiger partial charge in [0.2, 0.25) is 0 Å². The maximum Gasteiger partial charge on any atom is 0.332 e. The number of urea groups is 1. The van der Waals surface area contributed by atoms with E-state index in [1.807, 2.05) is 0 Å². The van der Waals surface area contributed by atoms with Crippen LogP contribution in [0.1, 0.15) is 6.92 Å². The first kappa shape index (κ1) is 9.48. The van der Waals surface area contributed by atoms with Crippen LogP contribution in [-0.4, -0.2) is 18.2 Å². The van der Waals surface area contributed by atoms with Crippen molar-refractivity contribution >= 4 is 12.0 Å². The van der Waals surface area contributed by atoms with Crippen molar-refractivity contribution in [2.45, 2.75) is 13.2 Å². The number of esters is 1. The highest BCUT2D eigenvalue weighted by Gasteiger charge is 2.06. The third-order valence-electron chi connectivity index (χ3n) is 0.805. The van der Waals surface area contributed by atoms with Crippen molar-refractivity contribution < 1.29 is 14.3 Å². The van der Waals surface area contributed by atoms with E-state index in [0.717, 1.165) is 6.08 Å². The van der Waals surface area contributed by atoms with Gasteiger partial charge >= 0.3 is 12.0 Å². The SMILES string of the molecule is C=CC(=O)OC(C)NC(N)=O. The fourth-order valence-electron chi connectivity index (χ4n) is 0.452. The molecule has 0 aromatic carbocycles. The lowest BCUT2D eigenvalue weighted by molar-refractivity contribution is -0.142. The molecule has 0 fully saturated rings. The number of carbonyl (C=O) groups is 2. The van der Waals surface area contributed by atoms with E-state index in [-0.39, 0.29) is 0 Å². The molecule has 0 heterocycles. The molecule has 0 rings (SSSR count). The Morgan fingerprint density at radius 3 is 2.64 bits per heavy atom. The molecule has 5 nitrogen and oxygen atoms in total. The fraction of sp³-hybridized carbons (Fsp3) is 0.333.